The molecule has 5 fully saturated rings. The van der Waals surface area contributed by atoms with Crippen LogP contribution >= 0.6 is 0 Å². The third-order valence-electron chi connectivity index (χ3n) is 11.0. The molecule has 0 bridgehead atoms. The number of fused-ring (bicyclic) bond motifs is 7. The minimum atomic E-state index is -0.705. The van der Waals surface area contributed by atoms with E-state index in [0.29, 0.717) is 31.3 Å². The summed E-state index contributed by atoms with van der Waals surface area (Å²) < 4.78 is 13.0. The largest absolute Gasteiger partial charge is 0.390 e. The topological polar surface area (TPSA) is 76.0 Å². The van der Waals surface area contributed by atoms with Gasteiger partial charge in [-0.25, -0.2) is 0 Å². The fourth-order valence-electron chi connectivity index (χ4n) is 9.16. The smallest absolute Gasteiger partial charge is 0.172 e. The van der Waals surface area contributed by atoms with Crippen LogP contribution in [0.3, 0.4) is 0 Å². The summed E-state index contributed by atoms with van der Waals surface area (Å²) in [5.74, 6) is 1.01. The van der Waals surface area contributed by atoms with Gasteiger partial charge in [0.25, 0.3) is 0 Å². The van der Waals surface area contributed by atoms with Crippen molar-refractivity contribution in [3.05, 3.63) is 23.8 Å². The number of aliphatic hydroxyl groups excluding tert-OH is 2. The Bertz CT molecular complexity index is 882. The Morgan fingerprint density at radius 2 is 1.94 bits per heavy atom. The first-order chi connectivity index (χ1) is 15.1. The van der Waals surface area contributed by atoms with Gasteiger partial charge in [0, 0.05) is 23.7 Å². The molecule has 2 N–H and O–H groups in total. The van der Waals surface area contributed by atoms with Gasteiger partial charge in [0.05, 0.1) is 24.9 Å². The highest BCUT2D eigenvalue weighted by molar-refractivity contribution is 5.97. The predicted molar refractivity (Wildman–Crippen MR) is 119 cm³/mol. The summed E-state index contributed by atoms with van der Waals surface area (Å²) in [4.78, 5) is 13.9. The van der Waals surface area contributed by atoms with E-state index in [2.05, 4.69) is 27.4 Å². The van der Waals surface area contributed by atoms with Gasteiger partial charge in [0.15, 0.2) is 11.6 Å². The van der Waals surface area contributed by atoms with E-state index < -0.39 is 23.4 Å². The second-order valence-corrected chi connectivity index (χ2v) is 12.3. The maximum atomic E-state index is 13.9. The Kier molecular flexibility index (Phi) is 4.56. The van der Waals surface area contributed by atoms with Crippen molar-refractivity contribution in [3.8, 4) is 0 Å². The summed E-state index contributed by atoms with van der Waals surface area (Å²) >= 11 is 0. The third-order valence-corrected chi connectivity index (χ3v) is 11.0. The summed E-state index contributed by atoms with van der Waals surface area (Å²) in [6.07, 6.45) is 6.68. The molecule has 5 nitrogen and oxygen atoms in total. The SMILES string of the molecule is C=C1CC[C@@]2(OC1)O[C@H]1C[C@H]3[C@@H]4CC[C@H]5C[C@@H](O)[C@H](O)C[C@]5(C)C4=CC(=O)[C@]3(C)[C@H]1[C@@H]2C. The zero-order valence-electron chi connectivity index (χ0n) is 19.7. The highest BCUT2D eigenvalue weighted by Gasteiger charge is 2.70. The van der Waals surface area contributed by atoms with Crippen molar-refractivity contribution >= 4 is 5.78 Å². The van der Waals surface area contributed by atoms with E-state index in [1.165, 1.54) is 5.57 Å². The van der Waals surface area contributed by atoms with Gasteiger partial charge < -0.3 is 19.7 Å². The van der Waals surface area contributed by atoms with E-state index >= 15 is 0 Å². The number of allylic oxidation sites excluding steroid dienone is 2. The van der Waals surface area contributed by atoms with E-state index in [4.69, 9.17) is 9.47 Å². The molecule has 4 aliphatic carbocycles. The van der Waals surface area contributed by atoms with E-state index in [9.17, 15) is 15.0 Å². The fourth-order valence-corrected chi connectivity index (χ4v) is 9.16. The van der Waals surface area contributed by atoms with Gasteiger partial charge in [0.2, 0.25) is 0 Å². The standard InChI is InChI=1S/C27H38O5/c1-14-7-8-27(31-13-14)15(2)24-22(32-27)10-19-17-6-5-16-9-20(28)21(29)12-25(16,3)18(17)11-23(30)26(19,24)4/h11,15-17,19-22,24,28-29H,1,5-10,12-13H2,2-4H3/t15-,16-,17+,19-,20+,21+,22-,24-,25-,26+,27+/m0/s1. The summed E-state index contributed by atoms with van der Waals surface area (Å²) in [6, 6.07) is 0. The normalized spacial score (nSPS) is 57.0. The summed E-state index contributed by atoms with van der Waals surface area (Å²) in [7, 11) is 0. The van der Waals surface area contributed by atoms with Crippen LogP contribution in [0.5, 0.6) is 0 Å². The van der Waals surface area contributed by atoms with Crippen molar-refractivity contribution in [2.75, 3.05) is 6.61 Å². The van der Waals surface area contributed by atoms with Crippen LogP contribution in [0.4, 0.5) is 0 Å². The zero-order valence-corrected chi connectivity index (χ0v) is 19.7. The lowest BCUT2D eigenvalue weighted by atomic mass is 9.47. The Balaban J connectivity index is 1.35. The number of ketones is 1. The van der Waals surface area contributed by atoms with Crippen LogP contribution in [0, 0.1) is 40.4 Å². The first-order valence-electron chi connectivity index (χ1n) is 12.7. The minimum Gasteiger partial charge on any atom is -0.390 e. The van der Waals surface area contributed by atoms with Crippen molar-refractivity contribution in [1.29, 1.82) is 0 Å². The van der Waals surface area contributed by atoms with Crippen LogP contribution in [0.1, 0.15) is 65.7 Å². The molecule has 176 valence electrons. The quantitative estimate of drug-likeness (QED) is 0.559. The molecule has 2 saturated heterocycles. The lowest BCUT2D eigenvalue weighted by Crippen LogP contribution is -2.55. The number of hydrogen-bond acceptors (Lipinski definition) is 5. The Hall–Kier alpha value is -1.01. The molecule has 6 aliphatic rings. The van der Waals surface area contributed by atoms with Crippen LogP contribution in [0.2, 0.25) is 0 Å². The van der Waals surface area contributed by atoms with Gasteiger partial charge in [-0.15, -0.1) is 0 Å². The van der Waals surface area contributed by atoms with Crippen LogP contribution in [-0.2, 0) is 14.3 Å². The molecule has 0 amide bonds. The molecule has 0 radical (unpaired) electrons. The van der Waals surface area contributed by atoms with Crippen LogP contribution in [-0.4, -0.2) is 46.7 Å². The van der Waals surface area contributed by atoms with Crippen molar-refractivity contribution < 1.29 is 24.5 Å². The number of aliphatic hydroxyl groups is 2. The van der Waals surface area contributed by atoms with Crippen LogP contribution in [0.25, 0.3) is 0 Å². The average molecular weight is 443 g/mol. The van der Waals surface area contributed by atoms with Gasteiger partial charge in [0.1, 0.15) is 0 Å². The molecule has 2 heterocycles. The van der Waals surface area contributed by atoms with Gasteiger partial charge in [-0.05, 0) is 67.8 Å². The molecule has 0 aromatic carbocycles. The summed E-state index contributed by atoms with van der Waals surface area (Å²) in [5, 5.41) is 20.8. The first-order valence-corrected chi connectivity index (χ1v) is 12.7. The Labute approximate surface area is 191 Å². The molecule has 1 spiro atoms. The van der Waals surface area contributed by atoms with Gasteiger partial charge >= 0.3 is 0 Å². The predicted octanol–water partition coefficient (Wildman–Crippen LogP) is 3.78. The number of carbonyl (C=O) groups is 1. The maximum Gasteiger partial charge on any atom is 0.172 e. The monoisotopic (exact) mass is 442 g/mol. The molecular weight excluding hydrogens is 404 g/mol. The van der Waals surface area contributed by atoms with Crippen LogP contribution < -0.4 is 0 Å². The maximum absolute atomic E-state index is 13.9. The Morgan fingerprint density at radius 1 is 1.16 bits per heavy atom. The molecule has 0 aromatic heterocycles. The van der Waals surface area contributed by atoms with Crippen molar-refractivity contribution in [3.63, 3.8) is 0 Å². The summed E-state index contributed by atoms with van der Waals surface area (Å²) in [6.45, 7) is 11.3. The van der Waals surface area contributed by atoms with Gasteiger partial charge in [-0.2, -0.15) is 0 Å². The lowest BCUT2D eigenvalue weighted by molar-refractivity contribution is -0.254. The highest BCUT2D eigenvalue weighted by atomic mass is 16.7. The minimum absolute atomic E-state index is 0.0624. The first kappa shape index (κ1) is 21.5. The van der Waals surface area contributed by atoms with E-state index in [1.54, 1.807) is 0 Å². The van der Waals surface area contributed by atoms with E-state index in [-0.39, 0.29) is 35.1 Å². The number of carbonyl (C=O) groups excluding carboxylic acids is 1. The third kappa shape index (κ3) is 2.57. The van der Waals surface area contributed by atoms with Gasteiger partial charge in [-0.1, -0.05) is 38.5 Å². The molecule has 5 heteroatoms. The average Bonchev–Trinajstić information content (AvgIpc) is 3.19. The zero-order chi connectivity index (χ0) is 22.6. The van der Waals surface area contributed by atoms with Crippen molar-refractivity contribution in [2.24, 2.45) is 40.4 Å². The highest BCUT2D eigenvalue weighted by Crippen LogP contribution is 2.69. The molecular formula is C27H38O5. The fraction of sp³-hybridized carbons (Fsp3) is 0.815. The molecule has 2 aliphatic heterocycles. The molecule has 11 atom stereocenters. The van der Waals surface area contributed by atoms with Gasteiger partial charge in [-0.3, -0.25) is 4.79 Å². The molecule has 6 rings (SSSR count). The summed E-state index contributed by atoms with van der Waals surface area (Å²) in [5.41, 5.74) is 1.75. The second kappa shape index (κ2) is 6.78. The lowest BCUT2D eigenvalue weighted by Gasteiger charge is -2.57. The van der Waals surface area contributed by atoms with Crippen LogP contribution in [0.15, 0.2) is 23.8 Å². The molecule has 32 heavy (non-hydrogen) atoms. The Morgan fingerprint density at radius 3 is 2.66 bits per heavy atom. The number of ether oxygens (including phenoxy) is 2. The van der Waals surface area contributed by atoms with Crippen molar-refractivity contribution in [2.45, 2.75) is 89.8 Å². The molecule has 3 saturated carbocycles. The number of hydrogen-bond donors (Lipinski definition) is 2. The van der Waals surface area contributed by atoms with E-state index in [0.717, 1.165) is 37.7 Å². The molecule has 0 aromatic rings. The van der Waals surface area contributed by atoms with E-state index in [1.807, 2.05) is 6.08 Å². The molecule has 0 unspecified atom stereocenters. The number of rotatable bonds is 0. The second-order valence-electron chi connectivity index (χ2n) is 12.3. The van der Waals surface area contributed by atoms with Crippen molar-refractivity contribution in [1.82, 2.24) is 0 Å².